The van der Waals surface area contributed by atoms with Gasteiger partial charge in [0.15, 0.2) is 11.5 Å². The molecule has 2 atom stereocenters. The van der Waals surface area contributed by atoms with Gasteiger partial charge in [0.25, 0.3) is 5.91 Å². The van der Waals surface area contributed by atoms with Crippen molar-refractivity contribution < 1.29 is 19.4 Å². The van der Waals surface area contributed by atoms with Gasteiger partial charge < -0.3 is 14.6 Å². The van der Waals surface area contributed by atoms with Gasteiger partial charge in [-0.25, -0.2) is 5.01 Å². The molecule has 2 aliphatic rings. The van der Waals surface area contributed by atoms with E-state index in [4.69, 9.17) is 19.7 Å². The van der Waals surface area contributed by atoms with Crippen molar-refractivity contribution in [2.75, 3.05) is 25.8 Å². The van der Waals surface area contributed by atoms with Crippen molar-refractivity contribution in [1.29, 1.82) is 0 Å². The molecule has 0 fully saturated rings. The van der Waals surface area contributed by atoms with Gasteiger partial charge in [0, 0.05) is 18.1 Å². The fourth-order valence-corrected chi connectivity index (χ4v) is 4.16. The zero-order valence-corrected chi connectivity index (χ0v) is 17.2. The minimum Gasteiger partial charge on any atom is -0.493 e. The summed E-state index contributed by atoms with van der Waals surface area (Å²) in [5.41, 5.74) is 3.55. The topological polar surface area (TPSA) is 71.4 Å². The number of carbonyl (C=O) groups is 1. The Morgan fingerprint density at radius 3 is 2.37 bits per heavy atom. The highest BCUT2D eigenvalue weighted by atomic mass is 16.5. The van der Waals surface area contributed by atoms with Crippen LogP contribution in [0.3, 0.4) is 0 Å². The normalized spacial score (nSPS) is 20.6. The third-order valence-corrected chi connectivity index (χ3v) is 5.78. The van der Waals surface area contributed by atoms with Gasteiger partial charge in [0.2, 0.25) is 0 Å². The van der Waals surface area contributed by atoms with Crippen molar-refractivity contribution in [2.24, 2.45) is 16.9 Å². The van der Waals surface area contributed by atoms with E-state index >= 15 is 0 Å². The number of hydrazone groups is 1. The van der Waals surface area contributed by atoms with E-state index in [2.05, 4.69) is 12.2 Å². The van der Waals surface area contributed by atoms with Crippen molar-refractivity contribution in [3.05, 3.63) is 65.7 Å². The molecule has 0 aromatic heterocycles. The van der Waals surface area contributed by atoms with Crippen LogP contribution in [-0.2, 0) is 11.2 Å². The summed E-state index contributed by atoms with van der Waals surface area (Å²) in [6.45, 7) is 0.0969. The number of hydrogen-bond acceptors (Lipinski definition) is 5. The van der Waals surface area contributed by atoms with Crippen LogP contribution in [-0.4, -0.2) is 37.6 Å². The first-order chi connectivity index (χ1) is 14.7. The molecule has 2 unspecified atom stereocenters. The second-order valence-electron chi connectivity index (χ2n) is 7.50. The average Bonchev–Trinajstić information content (AvgIpc) is 2.80. The summed E-state index contributed by atoms with van der Waals surface area (Å²) in [5.74, 6) is 1.20. The van der Waals surface area contributed by atoms with Gasteiger partial charge in [0.05, 0.1) is 31.5 Å². The van der Waals surface area contributed by atoms with E-state index in [1.54, 1.807) is 14.2 Å². The Hall–Kier alpha value is -3.12. The minimum absolute atomic E-state index is 0.0171. The first-order valence-corrected chi connectivity index (χ1v) is 10.2. The number of amides is 1. The summed E-state index contributed by atoms with van der Waals surface area (Å²) < 4.78 is 10.8. The highest BCUT2D eigenvalue weighted by Crippen LogP contribution is 2.38. The molecule has 30 heavy (non-hydrogen) atoms. The van der Waals surface area contributed by atoms with Gasteiger partial charge in [0.1, 0.15) is 0 Å². The number of methoxy groups -OCH3 is 2. The molecule has 2 aromatic carbocycles. The van der Waals surface area contributed by atoms with Crippen molar-refractivity contribution in [3.63, 3.8) is 0 Å². The number of aliphatic hydroxyl groups is 1. The van der Waals surface area contributed by atoms with E-state index in [9.17, 15) is 4.79 Å². The van der Waals surface area contributed by atoms with E-state index in [0.29, 0.717) is 24.3 Å². The first kappa shape index (κ1) is 20.2. The molecule has 4 rings (SSSR count). The molecule has 1 heterocycles. The van der Waals surface area contributed by atoms with Crippen molar-refractivity contribution in [1.82, 2.24) is 0 Å². The van der Waals surface area contributed by atoms with Crippen molar-refractivity contribution in [3.8, 4) is 11.5 Å². The number of anilines is 1. The Morgan fingerprint density at radius 1 is 1.00 bits per heavy atom. The molecule has 2 aromatic rings. The van der Waals surface area contributed by atoms with Crippen LogP contribution >= 0.6 is 0 Å². The predicted octanol–water partition coefficient (Wildman–Crippen LogP) is 3.57. The maximum atomic E-state index is 13.3. The van der Waals surface area contributed by atoms with Crippen LogP contribution < -0.4 is 14.5 Å². The molecule has 1 amide bonds. The highest BCUT2D eigenvalue weighted by molar-refractivity contribution is 6.11. The van der Waals surface area contributed by atoms with Crippen LogP contribution in [0.15, 0.2) is 59.7 Å². The molecule has 1 aliphatic carbocycles. The van der Waals surface area contributed by atoms with Gasteiger partial charge >= 0.3 is 0 Å². The summed E-state index contributed by atoms with van der Waals surface area (Å²) in [5, 5.41) is 15.5. The molecular weight excluding hydrogens is 380 g/mol. The minimum atomic E-state index is -0.146. The Labute approximate surface area is 176 Å². The second-order valence-corrected chi connectivity index (χ2v) is 7.50. The van der Waals surface area contributed by atoms with Crippen molar-refractivity contribution >= 4 is 17.3 Å². The zero-order chi connectivity index (χ0) is 21.1. The lowest BCUT2D eigenvalue weighted by atomic mass is 9.76. The van der Waals surface area contributed by atoms with E-state index in [-0.39, 0.29) is 24.3 Å². The van der Waals surface area contributed by atoms with Crippen LogP contribution in [0.1, 0.15) is 24.0 Å². The zero-order valence-electron chi connectivity index (χ0n) is 17.2. The number of aliphatic hydroxyl groups excluding tert-OH is 1. The van der Waals surface area contributed by atoms with E-state index in [1.807, 2.05) is 42.5 Å². The standard InChI is InChI=1S/C24H26N2O4/c1-29-21-12-9-17(15-22(21)30-2)23-19-5-3-4-6-20(19)24(28)26(25-23)18-10-7-16(8-11-18)13-14-27/h3-4,7-12,15,19-20,27H,5-6,13-14H2,1-2H3. The number of allylic oxidation sites excluding steroid dienone is 2. The lowest BCUT2D eigenvalue weighted by molar-refractivity contribution is -0.123. The molecule has 0 saturated carbocycles. The van der Waals surface area contributed by atoms with Gasteiger partial charge in [-0.15, -0.1) is 0 Å². The largest absolute Gasteiger partial charge is 0.493 e. The highest BCUT2D eigenvalue weighted by Gasteiger charge is 2.40. The number of rotatable bonds is 6. The lowest BCUT2D eigenvalue weighted by Gasteiger charge is -2.37. The molecule has 0 spiro atoms. The van der Waals surface area contributed by atoms with Gasteiger partial charge in [-0.05, 0) is 55.2 Å². The van der Waals surface area contributed by atoms with Gasteiger partial charge in [-0.3, -0.25) is 4.79 Å². The van der Waals surface area contributed by atoms with Gasteiger partial charge in [-0.2, -0.15) is 5.10 Å². The quantitative estimate of drug-likeness (QED) is 0.745. The smallest absolute Gasteiger partial charge is 0.251 e. The number of ether oxygens (including phenoxy) is 2. The number of hydrogen-bond donors (Lipinski definition) is 1. The lowest BCUT2D eigenvalue weighted by Crippen LogP contribution is -2.45. The third-order valence-electron chi connectivity index (χ3n) is 5.78. The summed E-state index contributed by atoms with van der Waals surface area (Å²) in [7, 11) is 3.22. The van der Waals surface area contributed by atoms with Crippen molar-refractivity contribution in [2.45, 2.75) is 19.3 Å². The summed E-state index contributed by atoms with van der Waals surface area (Å²) in [6, 6.07) is 13.4. The number of carbonyl (C=O) groups excluding carboxylic acids is 1. The SMILES string of the molecule is COc1ccc(C2=NN(c3ccc(CCO)cc3)C(=O)C3CC=CCC23)cc1OC. The Morgan fingerprint density at radius 2 is 1.70 bits per heavy atom. The summed E-state index contributed by atoms with van der Waals surface area (Å²) in [4.78, 5) is 13.3. The molecule has 0 saturated heterocycles. The summed E-state index contributed by atoms with van der Waals surface area (Å²) >= 11 is 0. The van der Waals surface area contributed by atoms with E-state index in [0.717, 1.165) is 28.9 Å². The molecule has 156 valence electrons. The van der Waals surface area contributed by atoms with Crippen LogP contribution in [0.25, 0.3) is 0 Å². The fraction of sp³-hybridized carbons (Fsp3) is 0.333. The second kappa shape index (κ2) is 8.71. The predicted molar refractivity (Wildman–Crippen MR) is 116 cm³/mol. The molecule has 6 heteroatoms. The van der Waals surface area contributed by atoms with Crippen LogP contribution in [0, 0.1) is 11.8 Å². The molecule has 1 aliphatic heterocycles. The maximum absolute atomic E-state index is 13.3. The Kier molecular flexibility index (Phi) is 5.86. The first-order valence-electron chi connectivity index (χ1n) is 10.2. The van der Waals surface area contributed by atoms with Gasteiger partial charge in [-0.1, -0.05) is 24.3 Å². The van der Waals surface area contributed by atoms with E-state index in [1.165, 1.54) is 5.01 Å². The molecule has 0 radical (unpaired) electrons. The molecule has 6 nitrogen and oxygen atoms in total. The Balaban J connectivity index is 1.77. The van der Waals surface area contributed by atoms with E-state index < -0.39 is 0 Å². The number of benzene rings is 2. The van der Waals surface area contributed by atoms with Crippen LogP contribution in [0.2, 0.25) is 0 Å². The molecule has 1 N–H and O–H groups in total. The maximum Gasteiger partial charge on any atom is 0.251 e. The van der Waals surface area contributed by atoms with Crippen LogP contribution in [0.4, 0.5) is 5.69 Å². The molecule has 0 bridgehead atoms. The summed E-state index contributed by atoms with van der Waals surface area (Å²) in [6.07, 6.45) is 6.29. The Bertz CT molecular complexity index is 981. The monoisotopic (exact) mass is 406 g/mol. The average molecular weight is 406 g/mol. The third kappa shape index (κ3) is 3.71. The van der Waals surface area contributed by atoms with Crippen LogP contribution in [0.5, 0.6) is 11.5 Å². The number of nitrogens with zero attached hydrogens (tertiary/aromatic N) is 2. The molecular formula is C24H26N2O4. The number of fused-ring (bicyclic) bond motifs is 1. The fourth-order valence-electron chi connectivity index (χ4n) is 4.16.